The van der Waals surface area contributed by atoms with E-state index in [1.165, 1.54) is 0 Å². The second kappa shape index (κ2) is 5.07. The number of carbonyl (C=O) groups is 2. The summed E-state index contributed by atoms with van der Waals surface area (Å²) in [4.78, 5) is 27.8. The molecule has 20 heavy (non-hydrogen) atoms. The number of hydrogen-bond donors (Lipinski definition) is 2. The maximum Gasteiger partial charge on any atom is 0.336 e. The Bertz CT molecular complexity index is 607. The number of hydrogen-bond acceptors (Lipinski definition) is 3. The molecule has 1 aliphatic heterocycles. The third kappa shape index (κ3) is 2.43. The molecule has 5 heteroatoms. The van der Waals surface area contributed by atoms with Crippen LogP contribution in [0.15, 0.2) is 23.2 Å². The molecular weight excluding hydrogens is 256 g/mol. The monoisotopic (exact) mass is 274 g/mol. The summed E-state index contributed by atoms with van der Waals surface area (Å²) >= 11 is 0. The molecule has 5 nitrogen and oxygen atoms in total. The zero-order chi connectivity index (χ0) is 14.9. The van der Waals surface area contributed by atoms with Gasteiger partial charge in [0.05, 0.1) is 5.56 Å². The maximum absolute atomic E-state index is 12.0. The molecule has 0 saturated heterocycles. The van der Waals surface area contributed by atoms with Crippen LogP contribution in [0.2, 0.25) is 0 Å². The van der Waals surface area contributed by atoms with Crippen molar-refractivity contribution in [2.24, 2.45) is 4.99 Å². The van der Waals surface area contributed by atoms with Crippen molar-refractivity contribution in [2.45, 2.75) is 39.2 Å². The Morgan fingerprint density at radius 3 is 2.75 bits per heavy atom. The fraction of sp³-hybridized carbons (Fsp3) is 0.400. The van der Waals surface area contributed by atoms with E-state index >= 15 is 0 Å². The third-order valence-corrected chi connectivity index (χ3v) is 3.48. The molecule has 1 aromatic carbocycles. The van der Waals surface area contributed by atoms with E-state index in [1.807, 2.05) is 19.9 Å². The first-order chi connectivity index (χ1) is 9.37. The van der Waals surface area contributed by atoms with Gasteiger partial charge in [-0.25, -0.2) is 4.79 Å². The summed E-state index contributed by atoms with van der Waals surface area (Å²) in [5.41, 5.74) is 0.665. The normalized spacial score (nSPS) is 21.6. The van der Waals surface area contributed by atoms with Crippen LogP contribution in [0.1, 0.15) is 48.2 Å². The summed E-state index contributed by atoms with van der Waals surface area (Å²) < 4.78 is 0. The number of amidine groups is 1. The van der Waals surface area contributed by atoms with E-state index < -0.39 is 11.5 Å². The quantitative estimate of drug-likeness (QED) is 0.882. The molecule has 1 atom stereocenters. The molecule has 0 fully saturated rings. The Balaban J connectivity index is 2.48. The Hall–Kier alpha value is -2.17. The molecule has 0 aromatic heterocycles. The summed E-state index contributed by atoms with van der Waals surface area (Å²) in [5, 5.41) is 12.0. The number of nitrogens with one attached hydrogen (secondary N) is 1. The van der Waals surface area contributed by atoms with Crippen molar-refractivity contribution in [2.75, 3.05) is 0 Å². The Morgan fingerprint density at radius 1 is 1.45 bits per heavy atom. The molecule has 1 heterocycles. The number of carbonyl (C=O) groups excluding carboxylic acids is 1. The summed E-state index contributed by atoms with van der Waals surface area (Å²) in [6.07, 6.45) is 1.47. The van der Waals surface area contributed by atoms with Crippen molar-refractivity contribution in [3.05, 3.63) is 34.9 Å². The van der Waals surface area contributed by atoms with Crippen molar-refractivity contribution in [3.8, 4) is 0 Å². The van der Waals surface area contributed by atoms with Gasteiger partial charge >= 0.3 is 5.97 Å². The standard InChI is InChI=1S/C15H18N2O3/c1-4-7-15(3)14(20)16-12(17-15)10-6-5-9(2)8-11(10)13(18)19/h5-6,8H,4,7H2,1-3H3,(H,18,19)(H,16,17,20). The zero-order valence-corrected chi connectivity index (χ0v) is 11.9. The predicted octanol–water partition coefficient (Wildman–Crippen LogP) is 2.13. The van der Waals surface area contributed by atoms with E-state index in [0.29, 0.717) is 17.8 Å². The van der Waals surface area contributed by atoms with Crippen LogP contribution in [0, 0.1) is 6.92 Å². The van der Waals surface area contributed by atoms with Gasteiger partial charge in [-0.2, -0.15) is 0 Å². The van der Waals surface area contributed by atoms with Crippen molar-refractivity contribution >= 4 is 17.7 Å². The van der Waals surface area contributed by atoms with Crippen LogP contribution >= 0.6 is 0 Å². The topological polar surface area (TPSA) is 78.8 Å². The van der Waals surface area contributed by atoms with Gasteiger partial charge in [-0.3, -0.25) is 9.79 Å². The summed E-state index contributed by atoms with van der Waals surface area (Å²) in [6, 6.07) is 5.09. The first kappa shape index (κ1) is 14.2. The number of aromatic carboxylic acids is 1. The molecule has 0 radical (unpaired) electrons. The lowest BCUT2D eigenvalue weighted by molar-refractivity contribution is -0.123. The minimum absolute atomic E-state index is 0.157. The predicted molar refractivity (Wildman–Crippen MR) is 76.1 cm³/mol. The third-order valence-electron chi connectivity index (χ3n) is 3.48. The van der Waals surface area contributed by atoms with Crippen LogP contribution in [-0.2, 0) is 4.79 Å². The van der Waals surface area contributed by atoms with E-state index in [-0.39, 0.29) is 11.5 Å². The summed E-state index contributed by atoms with van der Waals surface area (Å²) in [6.45, 7) is 5.58. The Morgan fingerprint density at radius 2 is 2.15 bits per heavy atom. The van der Waals surface area contributed by atoms with Gasteiger partial charge in [-0.1, -0.05) is 31.0 Å². The average molecular weight is 274 g/mol. The van der Waals surface area contributed by atoms with E-state index in [9.17, 15) is 14.7 Å². The lowest BCUT2D eigenvalue weighted by Gasteiger charge is -2.15. The lowest BCUT2D eigenvalue weighted by Crippen LogP contribution is -2.37. The van der Waals surface area contributed by atoms with Gasteiger partial charge in [0.2, 0.25) is 0 Å². The van der Waals surface area contributed by atoms with Crippen molar-refractivity contribution in [3.63, 3.8) is 0 Å². The molecule has 106 valence electrons. The van der Waals surface area contributed by atoms with Crippen LogP contribution in [0.4, 0.5) is 0 Å². The number of nitrogens with zero attached hydrogens (tertiary/aromatic N) is 1. The number of amides is 1. The van der Waals surface area contributed by atoms with Crippen LogP contribution < -0.4 is 5.32 Å². The van der Waals surface area contributed by atoms with Crippen LogP contribution in [0.5, 0.6) is 0 Å². The molecule has 0 saturated carbocycles. The molecule has 1 aromatic rings. The van der Waals surface area contributed by atoms with Gasteiger partial charge in [0.25, 0.3) is 5.91 Å². The minimum atomic E-state index is -1.02. The number of rotatable bonds is 4. The average Bonchev–Trinajstić information content (AvgIpc) is 2.65. The largest absolute Gasteiger partial charge is 0.478 e. The fourth-order valence-electron chi connectivity index (χ4n) is 2.39. The molecule has 2 N–H and O–H groups in total. The maximum atomic E-state index is 12.0. The Kier molecular flexibility index (Phi) is 3.61. The van der Waals surface area contributed by atoms with E-state index in [4.69, 9.17) is 0 Å². The number of aryl methyl sites for hydroxylation is 1. The van der Waals surface area contributed by atoms with Crippen LogP contribution in [0.3, 0.4) is 0 Å². The highest BCUT2D eigenvalue weighted by atomic mass is 16.4. The summed E-state index contributed by atoms with van der Waals surface area (Å²) in [7, 11) is 0. The minimum Gasteiger partial charge on any atom is -0.478 e. The van der Waals surface area contributed by atoms with Crippen molar-refractivity contribution in [1.82, 2.24) is 5.32 Å². The fourth-order valence-corrected chi connectivity index (χ4v) is 2.39. The zero-order valence-electron chi connectivity index (χ0n) is 11.9. The summed E-state index contributed by atoms with van der Waals surface area (Å²) in [5.74, 6) is -0.848. The highest BCUT2D eigenvalue weighted by molar-refractivity contribution is 6.18. The number of carboxylic acid groups (broad SMARTS) is 1. The van der Waals surface area contributed by atoms with Gasteiger partial charge in [-0.05, 0) is 26.3 Å². The van der Waals surface area contributed by atoms with E-state index in [1.54, 1.807) is 19.1 Å². The molecule has 1 aliphatic rings. The molecule has 0 bridgehead atoms. The van der Waals surface area contributed by atoms with Crippen LogP contribution in [0.25, 0.3) is 0 Å². The molecule has 0 aliphatic carbocycles. The van der Waals surface area contributed by atoms with Gasteiger partial charge in [0, 0.05) is 5.56 Å². The van der Waals surface area contributed by atoms with Gasteiger partial charge < -0.3 is 10.4 Å². The van der Waals surface area contributed by atoms with E-state index in [2.05, 4.69) is 10.3 Å². The molecule has 1 unspecified atom stereocenters. The highest BCUT2D eigenvalue weighted by Crippen LogP contribution is 2.25. The smallest absolute Gasteiger partial charge is 0.336 e. The number of aliphatic imine (C=N–C) groups is 1. The number of carboxylic acids is 1. The first-order valence-corrected chi connectivity index (χ1v) is 6.63. The van der Waals surface area contributed by atoms with Crippen molar-refractivity contribution in [1.29, 1.82) is 0 Å². The van der Waals surface area contributed by atoms with E-state index in [0.717, 1.165) is 12.0 Å². The molecule has 2 rings (SSSR count). The van der Waals surface area contributed by atoms with Crippen molar-refractivity contribution < 1.29 is 14.7 Å². The molecule has 1 amide bonds. The second-order valence-corrected chi connectivity index (χ2v) is 5.29. The SMILES string of the molecule is CCCC1(C)N=C(c2ccc(C)cc2C(=O)O)NC1=O. The van der Waals surface area contributed by atoms with Gasteiger partial charge in [0.1, 0.15) is 11.4 Å². The van der Waals surface area contributed by atoms with Gasteiger partial charge in [-0.15, -0.1) is 0 Å². The second-order valence-electron chi connectivity index (χ2n) is 5.29. The first-order valence-electron chi connectivity index (χ1n) is 6.63. The van der Waals surface area contributed by atoms with Gasteiger partial charge in [0.15, 0.2) is 0 Å². The lowest BCUT2D eigenvalue weighted by atomic mass is 9.97. The highest BCUT2D eigenvalue weighted by Gasteiger charge is 2.39. The molecular formula is C15H18N2O3. The van der Waals surface area contributed by atoms with Crippen LogP contribution in [-0.4, -0.2) is 28.4 Å². The molecule has 0 spiro atoms. The number of benzene rings is 1. The Labute approximate surface area is 117 Å².